The van der Waals surface area contributed by atoms with Crippen molar-refractivity contribution in [3.8, 4) is 0 Å². The normalized spacial score (nSPS) is 12.4. The van der Waals surface area contributed by atoms with E-state index in [1.165, 1.54) is 19.0 Å². The molecule has 0 bridgehead atoms. The Labute approximate surface area is 114 Å². The first-order valence-corrected chi connectivity index (χ1v) is 6.69. The van der Waals surface area contributed by atoms with Crippen LogP contribution in [0.4, 0.5) is 5.82 Å². The molecular weight excluding hydrogens is 264 g/mol. The minimum absolute atomic E-state index is 0.0311. The lowest BCUT2D eigenvalue weighted by atomic mass is 10.3. The van der Waals surface area contributed by atoms with Gasteiger partial charge in [-0.3, -0.25) is 9.36 Å². The summed E-state index contributed by atoms with van der Waals surface area (Å²) in [6, 6.07) is 4.02. The molecule has 2 heterocycles. The maximum absolute atomic E-state index is 11.9. The fraction of sp³-hybridized carbons (Fsp3) is 0.417. The smallest absolute Gasteiger partial charge is 0.346 e. The second-order valence-corrected chi connectivity index (χ2v) is 5.75. The number of nitrogens with one attached hydrogen (secondary N) is 1. The Morgan fingerprint density at radius 2 is 2.00 bits per heavy atom. The standard InChI is InChI=1S/C12H16N4O2S/c1-7-5-6-9(19-7)8(2)13-10-11(17)15(3)12(18)16(4)14-10/h5-6,8H,1-4H3,(H,13,14). The van der Waals surface area contributed by atoms with Gasteiger partial charge in [0, 0.05) is 23.8 Å². The van der Waals surface area contributed by atoms with Gasteiger partial charge in [0.2, 0.25) is 5.82 Å². The van der Waals surface area contributed by atoms with Crippen molar-refractivity contribution >= 4 is 17.2 Å². The first kappa shape index (κ1) is 13.5. The van der Waals surface area contributed by atoms with Gasteiger partial charge in [-0.25, -0.2) is 9.48 Å². The van der Waals surface area contributed by atoms with Crippen molar-refractivity contribution in [1.29, 1.82) is 0 Å². The summed E-state index contributed by atoms with van der Waals surface area (Å²) in [6.45, 7) is 3.99. The summed E-state index contributed by atoms with van der Waals surface area (Å²) in [6.07, 6.45) is 0. The van der Waals surface area contributed by atoms with Crippen LogP contribution in [0.1, 0.15) is 22.7 Å². The number of thiophene rings is 1. The van der Waals surface area contributed by atoms with Crippen LogP contribution in [0.25, 0.3) is 0 Å². The van der Waals surface area contributed by atoms with Crippen molar-refractivity contribution in [2.45, 2.75) is 19.9 Å². The summed E-state index contributed by atoms with van der Waals surface area (Å²) >= 11 is 1.66. The highest BCUT2D eigenvalue weighted by Gasteiger charge is 2.13. The second-order valence-electron chi connectivity index (χ2n) is 4.43. The van der Waals surface area contributed by atoms with Crippen LogP contribution in [-0.2, 0) is 14.1 Å². The minimum Gasteiger partial charge on any atom is -0.357 e. The average Bonchev–Trinajstić information content (AvgIpc) is 2.80. The van der Waals surface area contributed by atoms with Crippen LogP contribution in [-0.4, -0.2) is 14.3 Å². The van der Waals surface area contributed by atoms with Crippen LogP contribution in [0.2, 0.25) is 0 Å². The topological polar surface area (TPSA) is 68.9 Å². The molecule has 0 aliphatic carbocycles. The van der Waals surface area contributed by atoms with Crippen molar-refractivity contribution < 1.29 is 0 Å². The average molecular weight is 280 g/mol. The van der Waals surface area contributed by atoms with Crippen molar-refractivity contribution in [2.24, 2.45) is 14.1 Å². The summed E-state index contributed by atoms with van der Waals surface area (Å²) in [5, 5.41) is 7.02. The molecule has 19 heavy (non-hydrogen) atoms. The molecule has 6 nitrogen and oxygen atoms in total. The number of hydrogen-bond acceptors (Lipinski definition) is 5. The predicted octanol–water partition coefficient (Wildman–Crippen LogP) is 1.02. The maximum atomic E-state index is 11.9. The van der Waals surface area contributed by atoms with Gasteiger partial charge in [0.1, 0.15) is 0 Å². The van der Waals surface area contributed by atoms with Gasteiger partial charge in [-0.2, -0.15) is 0 Å². The molecular formula is C12H16N4O2S. The van der Waals surface area contributed by atoms with Gasteiger partial charge in [0.05, 0.1) is 6.04 Å². The molecule has 0 aliphatic heterocycles. The maximum Gasteiger partial charge on any atom is 0.346 e. The Morgan fingerprint density at radius 1 is 1.32 bits per heavy atom. The van der Waals surface area contributed by atoms with E-state index >= 15 is 0 Å². The number of aromatic nitrogens is 3. The number of nitrogens with zero attached hydrogens (tertiary/aromatic N) is 3. The molecule has 0 radical (unpaired) electrons. The van der Waals surface area contributed by atoms with Gasteiger partial charge in [-0.15, -0.1) is 16.4 Å². The van der Waals surface area contributed by atoms with Crippen LogP contribution in [0.3, 0.4) is 0 Å². The summed E-state index contributed by atoms with van der Waals surface area (Å²) in [7, 11) is 2.96. The van der Waals surface area contributed by atoms with E-state index in [-0.39, 0.29) is 11.9 Å². The highest BCUT2D eigenvalue weighted by atomic mass is 32.1. The van der Waals surface area contributed by atoms with Crippen LogP contribution in [0.5, 0.6) is 0 Å². The molecule has 0 amide bonds. The van der Waals surface area contributed by atoms with Crippen LogP contribution >= 0.6 is 11.3 Å². The van der Waals surface area contributed by atoms with E-state index in [2.05, 4.69) is 10.4 Å². The fourth-order valence-corrected chi connectivity index (χ4v) is 2.63. The second kappa shape index (κ2) is 5.00. The number of rotatable bonds is 3. The summed E-state index contributed by atoms with van der Waals surface area (Å²) in [4.78, 5) is 25.8. The lowest BCUT2D eigenvalue weighted by Crippen LogP contribution is -2.40. The molecule has 2 aromatic heterocycles. The molecule has 1 N–H and O–H groups in total. The zero-order valence-electron chi connectivity index (χ0n) is 11.3. The van der Waals surface area contributed by atoms with E-state index in [0.29, 0.717) is 0 Å². The molecule has 0 aliphatic rings. The van der Waals surface area contributed by atoms with Crippen molar-refractivity contribution in [3.63, 3.8) is 0 Å². The Hall–Kier alpha value is -1.89. The molecule has 2 aromatic rings. The Balaban J connectivity index is 2.34. The third kappa shape index (κ3) is 2.60. The summed E-state index contributed by atoms with van der Waals surface area (Å²) in [5.41, 5.74) is -0.849. The van der Waals surface area contributed by atoms with Gasteiger partial charge in [-0.1, -0.05) is 0 Å². The zero-order chi connectivity index (χ0) is 14.2. The molecule has 102 valence electrons. The quantitative estimate of drug-likeness (QED) is 0.911. The van der Waals surface area contributed by atoms with E-state index < -0.39 is 11.2 Å². The SMILES string of the molecule is Cc1ccc(C(C)Nc2nn(C)c(=O)n(C)c2=O)s1. The lowest BCUT2D eigenvalue weighted by Gasteiger charge is -2.13. The molecule has 2 rings (SSSR count). The fourth-order valence-electron chi connectivity index (χ4n) is 1.75. The van der Waals surface area contributed by atoms with E-state index in [9.17, 15) is 9.59 Å². The van der Waals surface area contributed by atoms with Gasteiger partial charge >= 0.3 is 5.69 Å². The van der Waals surface area contributed by atoms with Crippen molar-refractivity contribution in [1.82, 2.24) is 14.3 Å². The summed E-state index contributed by atoms with van der Waals surface area (Å²) < 4.78 is 2.19. The third-order valence-electron chi connectivity index (χ3n) is 2.86. The van der Waals surface area contributed by atoms with Crippen molar-refractivity contribution in [3.05, 3.63) is 42.7 Å². The van der Waals surface area contributed by atoms with E-state index in [4.69, 9.17) is 0 Å². The molecule has 1 unspecified atom stereocenters. The van der Waals surface area contributed by atoms with Gasteiger partial charge < -0.3 is 5.32 Å². The van der Waals surface area contributed by atoms with Crippen LogP contribution in [0, 0.1) is 6.92 Å². The lowest BCUT2D eigenvalue weighted by molar-refractivity contribution is 0.601. The zero-order valence-corrected chi connectivity index (χ0v) is 12.1. The number of aryl methyl sites for hydroxylation is 2. The molecule has 7 heteroatoms. The molecule has 1 atom stereocenters. The number of anilines is 1. The summed E-state index contributed by atoms with van der Waals surface area (Å²) in [5.74, 6) is 0.183. The Bertz CT molecular complexity index is 713. The van der Waals surface area contributed by atoms with Crippen LogP contribution in [0.15, 0.2) is 21.7 Å². The predicted molar refractivity (Wildman–Crippen MR) is 75.8 cm³/mol. The van der Waals surface area contributed by atoms with Gasteiger partial charge in [0.15, 0.2) is 0 Å². The Kier molecular flexibility index (Phi) is 3.57. The van der Waals surface area contributed by atoms with Crippen LogP contribution < -0.4 is 16.6 Å². The largest absolute Gasteiger partial charge is 0.357 e. The Morgan fingerprint density at radius 3 is 2.58 bits per heavy atom. The molecule has 0 fully saturated rings. The molecule has 0 saturated heterocycles. The van der Waals surface area contributed by atoms with E-state index in [1.54, 1.807) is 11.3 Å². The van der Waals surface area contributed by atoms with E-state index in [1.807, 2.05) is 26.0 Å². The third-order valence-corrected chi connectivity index (χ3v) is 4.05. The monoisotopic (exact) mass is 280 g/mol. The first-order chi connectivity index (χ1) is 8.90. The number of hydrogen-bond donors (Lipinski definition) is 1. The minimum atomic E-state index is -0.435. The molecule has 0 aromatic carbocycles. The highest BCUT2D eigenvalue weighted by molar-refractivity contribution is 7.12. The molecule has 0 saturated carbocycles. The van der Waals surface area contributed by atoms with Gasteiger partial charge in [-0.05, 0) is 26.0 Å². The van der Waals surface area contributed by atoms with Crippen molar-refractivity contribution in [2.75, 3.05) is 5.32 Å². The van der Waals surface area contributed by atoms with E-state index in [0.717, 1.165) is 14.1 Å². The first-order valence-electron chi connectivity index (χ1n) is 5.87. The van der Waals surface area contributed by atoms with Gasteiger partial charge in [0.25, 0.3) is 5.56 Å². The molecule has 0 spiro atoms. The highest BCUT2D eigenvalue weighted by Crippen LogP contribution is 2.24.